The van der Waals surface area contributed by atoms with Crippen LogP contribution in [-0.2, 0) is 6.54 Å². The lowest BCUT2D eigenvalue weighted by Crippen LogP contribution is -2.16. The van der Waals surface area contributed by atoms with Crippen molar-refractivity contribution in [3.8, 4) is 0 Å². The molecule has 5 nitrogen and oxygen atoms in total. The lowest BCUT2D eigenvalue weighted by molar-refractivity contribution is -0.384. The predicted molar refractivity (Wildman–Crippen MR) is 86.8 cm³/mol. The Morgan fingerprint density at radius 3 is 2.70 bits per heavy atom. The minimum atomic E-state index is -0.375. The van der Waals surface area contributed by atoms with Gasteiger partial charge >= 0.3 is 0 Å². The largest absolute Gasteiger partial charge is 0.388 e. The Morgan fingerprint density at radius 1 is 1.40 bits per heavy atom. The van der Waals surface area contributed by atoms with Crippen molar-refractivity contribution in [1.82, 2.24) is 0 Å². The summed E-state index contributed by atoms with van der Waals surface area (Å²) in [5.74, 6) is 0. The van der Waals surface area contributed by atoms with E-state index in [1.807, 2.05) is 23.4 Å². The lowest BCUT2D eigenvalue weighted by atomic mass is 10.2. The number of hydrogen-bond acceptors (Lipinski definition) is 5. The quantitative estimate of drug-likeness (QED) is 0.647. The molecule has 0 aliphatic rings. The first-order chi connectivity index (χ1) is 9.49. The van der Waals surface area contributed by atoms with Crippen molar-refractivity contribution in [2.24, 2.45) is 0 Å². The number of hydrogen-bond donors (Lipinski definition) is 1. The molecule has 0 radical (unpaired) electrons. The number of thiophene rings is 1. The van der Waals surface area contributed by atoms with Gasteiger partial charge in [0.15, 0.2) is 0 Å². The summed E-state index contributed by atoms with van der Waals surface area (Å²) < 4.78 is 1.06. The number of nitro benzene ring substituents is 1. The van der Waals surface area contributed by atoms with Gasteiger partial charge in [0, 0.05) is 52.3 Å². The molecular weight excluding hydrogens is 342 g/mol. The zero-order chi connectivity index (χ0) is 14.7. The first-order valence-corrected chi connectivity index (χ1v) is 7.58. The molecule has 20 heavy (non-hydrogen) atoms. The topological polar surface area (TPSA) is 58.4 Å². The van der Waals surface area contributed by atoms with Crippen molar-refractivity contribution in [1.29, 1.82) is 0 Å². The Labute approximate surface area is 129 Å². The zero-order valence-corrected chi connectivity index (χ0v) is 13.5. The number of nitrogens with one attached hydrogen (secondary N) is 1. The van der Waals surface area contributed by atoms with Crippen LogP contribution in [0.3, 0.4) is 0 Å². The van der Waals surface area contributed by atoms with Crippen LogP contribution in [0, 0.1) is 10.1 Å². The van der Waals surface area contributed by atoms with Crippen molar-refractivity contribution < 1.29 is 4.92 Å². The van der Waals surface area contributed by atoms with Gasteiger partial charge in [0.25, 0.3) is 5.69 Å². The van der Waals surface area contributed by atoms with Crippen LogP contribution in [0.15, 0.2) is 34.1 Å². The average molecular weight is 356 g/mol. The molecule has 0 spiro atoms. The highest BCUT2D eigenvalue weighted by Crippen LogP contribution is 2.28. The monoisotopic (exact) mass is 355 g/mol. The summed E-state index contributed by atoms with van der Waals surface area (Å²) in [5, 5.41) is 15.9. The Balaban J connectivity index is 2.26. The fraction of sp³-hybridized carbons (Fsp3) is 0.231. The number of non-ortho nitro benzene ring substituents is 1. The van der Waals surface area contributed by atoms with Crippen molar-refractivity contribution in [2.75, 3.05) is 24.3 Å². The van der Waals surface area contributed by atoms with Gasteiger partial charge in [0.2, 0.25) is 0 Å². The molecule has 0 unspecified atom stereocenters. The first kappa shape index (κ1) is 14.8. The van der Waals surface area contributed by atoms with E-state index in [9.17, 15) is 10.1 Å². The third-order valence-corrected chi connectivity index (χ3v) is 4.54. The van der Waals surface area contributed by atoms with Gasteiger partial charge < -0.3 is 10.2 Å². The summed E-state index contributed by atoms with van der Waals surface area (Å²) in [4.78, 5) is 13.8. The van der Waals surface area contributed by atoms with Crippen LogP contribution < -0.4 is 10.2 Å². The molecule has 0 aliphatic heterocycles. The van der Waals surface area contributed by atoms with Crippen LogP contribution in [0.5, 0.6) is 0 Å². The van der Waals surface area contributed by atoms with Crippen LogP contribution >= 0.6 is 27.3 Å². The third kappa shape index (κ3) is 3.49. The van der Waals surface area contributed by atoms with Gasteiger partial charge in [-0.1, -0.05) is 0 Å². The molecule has 0 saturated carbocycles. The van der Waals surface area contributed by atoms with Crippen LogP contribution in [0.2, 0.25) is 0 Å². The van der Waals surface area contributed by atoms with Gasteiger partial charge in [-0.25, -0.2) is 0 Å². The maximum Gasteiger partial charge on any atom is 0.273 e. The lowest BCUT2D eigenvalue weighted by Gasteiger charge is -2.19. The molecule has 0 aliphatic carbocycles. The maximum atomic E-state index is 11.0. The van der Waals surface area contributed by atoms with Gasteiger partial charge in [0.1, 0.15) is 0 Å². The maximum absolute atomic E-state index is 11.0. The fourth-order valence-electron chi connectivity index (χ4n) is 1.83. The predicted octanol–water partition coefficient (Wildman–Crippen LogP) is 4.10. The number of nitro groups is 1. The second-order valence-electron chi connectivity index (χ2n) is 4.33. The SMILES string of the molecule is CNc1cc(N(C)Cc2cc(Br)cs2)cc([N+](=O)[O-])c1. The van der Waals surface area contributed by atoms with Crippen LogP contribution in [0.4, 0.5) is 17.1 Å². The van der Waals surface area contributed by atoms with Gasteiger partial charge in [-0.3, -0.25) is 10.1 Å². The van der Waals surface area contributed by atoms with Crippen LogP contribution in [-0.4, -0.2) is 19.0 Å². The van der Waals surface area contributed by atoms with Gasteiger partial charge in [-0.2, -0.15) is 0 Å². The molecule has 0 atom stereocenters. The third-order valence-electron chi connectivity index (χ3n) is 2.86. The Morgan fingerprint density at radius 2 is 2.15 bits per heavy atom. The van der Waals surface area contributed by atoms with Crippen LogP contribution in [0.1, 0.15) is 4.88 Å². The minimum Gasteiger partial charge on any atom is -0.388 e. The highest BCUT2D eigenvalue weighted by atomic mass is 79.9. The van der Waals surface area contributed by atoms with Crippen molar-refractivity contribution in [3.63, 3.8) is 0 Å². The van der Waals surface area contributed by atoms with E-state index < -0.39 is 0 Å². The molecule has 7 heteroatoms. The molecule has 0 saturated heterocycles. The Hall–Kier alpha value is -1.60. The van der Waals surface area contributed by atoms with Crippen LogP contribution in [0.25, 0.3) is 0 Å². The molecular formula is C13H14BrN3O2S. The molecule has 0 amide bonds. The van der Waals surface area contributed by atoms with E-state index >= 15 is 0 Å². The number of benzene rings is 1. The van der Waals surface area contributed by atoms with Gasteiger partial charge in [-0.05, 0) is 28.1 Å². The summed E-state index contributed by atoms with van der Waals surface area (Å²) in [6.07, 6.45) is 0. The second kappa shape index (κ2) is 6.23. The van der Waals surface area contributed by atoms with E-state index in [2.05, 4.69) is 27.3 Å². The van der Waals surface area contributed by atoms with Crippen molar-refractivity contribution >= 4 is 44.3 Å². The summed E-state index contributed by atoms with van der Waals surface area (Å²) in [5.41, 5.74) is 1.63. The van der Waals surface area contributed by atoms with Gasteiger partial charge in [0.05, 0.1) is 11.5 Å². The zero-order valence-electron chi connectivity index (χ0n) is 11.1. The number of rotatable bonds is 5. The summed E-state index contributed by atoms with van der Waals surface area (Å²) in [6, 6.07) is 7.07. The van der Waals surface area contributed by atoms with E-state index in [-0.39, 0.29) is 10.6 Å². The fourth-order valence-corrected chi connectivity index (χ4v) is 3.33. The number of anilines is 2. The minimum absolute atomic E-state index is 0.0889. The molecule has 0 bridgehead atoms. The molecule has 2 aromatic rings. The molecule has 1 N–H and O–H groups in total. The standard InChI is InChI=1S/C13H14BrN3O2S/c1-15-10-4-11(6-12(5-10)17(18)19)16(2)7-13-3-9(14)8-20-13/h3-6,8,15H,7H2,1-2H3. The van der Waals surface area contributed by atoms with E-state index in [4.69, 9.17) is 0 Å². The Kier molecular flexibility index (Phi) is 4.61. The molecule has 1 aromatic heterocycles. The molecule has 1 heterocycles. The smallest absolute Gasteiger partial charge is 0.273 e. The summed E-state index contributed by atoms with van der Waals surface area (Å²) in [6.45, 7) is 0.709. The summed E-state index contributed by atoms with van der Waals surface area (Å²) in [7, 11) is 3.67. The second-order valence-corrected chi connectivity index (χ2v) is 6.24. The van der Waals surface area contributed by atoms with Crippen molar-refractivity contribution in [3.05, 3.63) is 49.1 Å². The summed E-state index contributed by atoms with van der Waals surface area (Å²) >= 11 is 5.08. The molecule has 0 fully saturated rings. The Bertz CT molecular complexity index is 630. The molecule has 106 valence electrons. The van der Waals surface area contributed by atoms with Gasteiger partial charge in [-0.15, -0.1) is 11.3 Å². The molecule has 2 rings (SSSR count). The normalized spacial score (nSPS) is 10.3. The van der Waals surface area contributed by atoms with E-state index in [1.165, 1.54) is 10.9 Å². The van der Waals surface area contributed by atoms with E-state index in [1.54, 1.807) is 24.5 Å². The first-order valence-electron chi connectivity index (χ1n) is 5.91. The van der Waals surface area contributed by atoms with E-state index in [0.29, 0.717) is 6.54 Å². The van der Waals surface area contributed by atoms with E-state index in [0.717, 1.165) is 15.8 Å². The van der Waals surface area contributed by atoms with Crippen molar-refractivity contribution in [2.45, 2.75) is 6.54 Å². The number of halogens is 1. The molecule has 1 aromatic carbocycles. The highest BCUT2D eigenvalue weighted by molar-refractivity contribution is 9.10. The average Bonchev–Trinajstić information content (AvgIpc) is 2.83. The highest BCUT2D eigenvalue weighted by Gasteiger charge is 2.12. The number of nitrogens with zero attached hydrogens (tertiary/aromatic N) is 2.